The van der Waals surface area contributed by atoms with Gasteiger partial charge in [-0.15, -0.1) is 0 Å². The molecule has 0 aliphatic heterocycles. The Hall–Kier alpha value is -0.740. The molecule has 0 heterocycles. The number of benzene rings is 1. The van der Waals surface area contributed by atoms with E-state index in [9.17, 15) is 0 Å². The molecule has 1 aromatic carbocycles. The molecular weight excluding hydrogens is 256 g/mol. The Balaban J connectivity index is 2.54. The lowest BCUT2D eigenvalue weighted by Crippen LogP contribution is -2.21. The van der Waals surface area contributed by atoms with Crippen LogP contribution < -0.4 is 15.4 Å². The lowest BCUT2D eigenvalue weighted by atomic mass is 10.3. The first-order valence-corrected chi connectivity index (χ1v) is 5.85. The standard InChI is InChI=1S/C11H17BrN2O/c1-3-13-6-7-14-10-8-9(12)4-5-11(10)15-2/h4-5,8,13-14H,3,6-7H2,1-2H3. The third-order valence-corrected chi connectivity index (χ3v) is 2.52. The van der Waals surface area contributed by atoms with Crippen LogP contribution in [-0.2, 0) is 0 Å². The van der Waals surface area contributed by atoms with Gasteiger partial charge in [-0.3, -0.25) is 0 Å². The molecule has 0 spiro atoms. The molecule has 2 N–H and O–H groups in total. The Morgan fingerprint density at radius 2 is 2.13 bits per heavy atom. The maximum atomic E-state index is 5.25. The Kier molecular flexibility index (Phi) is 5.50. The molecule has 0 saturated carbocycles. The maximum Gasteiger partial charge on any atom is 0.142 e. The van der Waals surface area contributed by atoms with Crippen LogP contribution in [0.1, 0.15) is 6.92 Å². The van der Waals surface area contributed by atoms with Gasteiger partial charge < -0.3 is 15.4 Å². The Morgan fingerprint density at radius 3 is 2.80 bits per heavy atom. The van der Waals surface area contributed by atoms with Gasteiger partial charge in [-0.25, -0.2) is 0 Å². The summed E-state index contributed by atoms with van der Waals surface area (Å²) in [7, 11) is 1.68. The minimum absolute atomic E-state index is 0.870. The second-order valence-electron chi connectivity index (χ2n) is 3.12. The van der Waals surface area contributed by atoms with Gasteiger partial charge in [0.1, 0.15) is 5.75 Å². The molecular formula is C11H17BrN2O. The summed E-state index contributed by atoms with van der Waals surface area (Å²) in [6.07, 6.45) is 0. The van der Waals surface area contributed by atoms with Gasteiger partial charge >= 0.3 is 0 Å². The van der Waals surface area contributed by atoms with Crippen LogP contribution in [0.5, 0.6) is 5.75 Å². The van der Waals surface area contributed by atoms with Crippen molar-refractivity contribution in [2.24, 2.45) is 0 Å². The quantitative estimate of drug-likeness (QED) is 0.781. The van der Waals surface area contributed by atoms with Crippen LogP contribution in [0.2, 0.25) is 0 Å². The lowest BCUT2D eigenvalue weighted by molar-refractivity contribution is 0.416. The van der Waals surface area contributed by atoms with Crippen LogP contribution in [0.15, 0.2) is 22.7 Å². The summed E-state index contributed by atoms with van der Waals surface area (Å²) in [4.78, 5) is 0. The molecule has 15 heavy (non-hydrogen) atoms. The molecule has 1 aromatic rings. The summed E-state index contributed by atoms with van der Waals surface area (Å²) in [6, 6.07) is 5.93. The number of hydrogen-bond acceptors (Lipinski definition) is 3. The summed E-state index contributed by atoms with van der Waals surface area (Å²) >= 11 is 3.44. The maximum absolute atomic E-state index is 5.25. The molecule has 0 bridgehead atoms. The molecule has 84 valence electrons. The predicted molar refractivity (Wildman–Crippen MR) is 67.7 cm³/mol. The summed E-state index contributed by atoms with van der Waals surface area (Å²) in [5.41, 5.74) is 1.02. The minimum atomic E-state index is 0.870. The van der Waals surface area contributed by atoms with Gasteiger partial charge in [-0.1, -0.05) is 22.9 Å². The Morgan fingerprint density at radius 1 is 1.33 bits per heavy atom. The van der Waals surface area contributed by atoms with Crippen molar-refractivity contribution in [3.63, 3.8) is 0 Å². The van der Waals surface area contributed by atoms with E-state index in [2.05, 4.69) is 33.5 Å². The molecule has 3 nitrogen and oxygen atoms in total. The van der Waals surface area contributed by atoms with Gasteiger partial charge in [0, 0.05) is 17.6 Å². The lowest BCUT2D eigenvalue weighted by Gasteiger charge is -2.11. The van der Waals surface area contributed by atoms with Gasteiger partial charge in [-0.05, 0) is 24.7 Å². The van der Waals surface area contributed by atoms with Crippen LogP contribution in [0.25, 0.3) is 0 Å². The summed E-state index contributed by atoms with van der Waals surface area (Å²) < 4.78 is 6.30. The molecule has 0 aliphatic carbocycles. The first-order chi connectivity index (χ1) is 7.27. The van der Waals surface area contributed by atoms with Crippen LogP contribution in [0.3, 0.4) is 0 Å². The number of nitrogens with one attached hydrogen (secondary N) is 2. The molecule has 0 radical (unpaired) electrons. The van der Waals surface area contributed by atoms with Gasteiger partial charge in [0.2, 0.25) is 0 Å². The average molecular weight is 273 g/mol. The van der Waals surface area contributed by atoms with Gasteiger partial charge in [0.15, 0.2) is 0 Å². The highest BCUT2D eigenvalue weighted by Gasteiger charge is 2.01. The Labute approximate surface area is 99.3 Å². The van der Waals surface area contributed by atoms with Gasteiger partial charge in [-0.2, -0.15) is 0 Å². The molecule has 0 atom stereocenters. The van der Waals surface area contributed by atoms with Crippen molar-refractivity contribution in [3.05, 3.63) is 22.7 Å². The molecule has 0 saturated heterocycles. The number of ether oxygens (including phenoxy) is 1. The highest BCUT2D eigenvalue weighted by atomic mass is 79.9. The monoisotopic (exact) mass is 272 g/mol. The van der Waals surface area contributed by atoms with E-state index in [1.807, 2.05) is 18.2 Å². The second-order valence-corrected chi connectivity index (χ2v) is 4.04. The van der Waals surface area contributed by atoms with Gasteiger partial charge in [0.05, 0.1) is 12.8 Å². The summed E-state index contributed by atoms with van der Waals surface area (Å²) in [6.45, 7) is 4.93. The number of methoxy groups -OCH3 is 1. The van der Waals surface area contributed by atoms with E-state index in [0.717, 1.165) is 35.5 Å². The third-order valence-electron chi connectivity index (χ3n) is 2.03. The fourth-order valence-electron chi connectivity index (χ4n) is 1.28. The predicted octanol–water partition coefficient (Wildman–Crippen LogP) is 2.48. The molecule has 0 aromatic heterocycles. The van der Waals surface area contributed by atoms with E-state index >= 15 is 0 Å². The van der Waals surface area contributed by atoms with Crippen molar-refractivity contribution in [2.45, 2.75) is 6.92 Å². The van der Waals surface area contributed by atoms with Crippen molar-refractivity contribution >= 4 is 21.6 Å². The van der Waals surface area contributed by atoms with Crippen molar-refractivity contribution in [1.82, 2.24) is 5.32 Å². The van der Waals surface area contributed by atoms with E-state index in [1.165, 1.54) is 0 Å². The molecule has 0 amide bonds. The van der Waals surface area contributed by atoms with Crippen LogP contribution in [0.4, 0.5) is 5.69 Å². The zero-order valence-electron chi connectivity index (χ0n) is 9.14. The van der Waals surface area contributed by atoms with E-state index < -0.39 is 0 Å². The molecule has 0 fully saturated rings. The second kappa shape index (κ2) is 6.69. The van der Waals surface area contributed by atoms with E-state index in [-0.39, 0.29) is 0 Å². The molecule has 0 unspecified atom stereocenters. The number of likely N-dealkylation sites (N-methyl/N-ethyl adjacent to an activating group) is 1. The third kappa shape index (κ3) is 4.10. The topological polar surface area (TPSA) is 33.3 Å². The van der Waals surface area contributed by atoms with Crippen LogP contribution in [-0.4, -0.2) is 26.7 Å². The zero-order chi connectivity index (χ0) is 11.1. The first kappa shape index (κ1) is 12.3. The van der Waals surface area contributed by atoms with Crippen molar-refractivity contribution < 1.29 is 4.74 Å². The molecule has 0 aliphatic rings. The smallest absolute Gasteiger partial charge is 0.142 e. The Bertz CT molecular complexity index is 305. The van der Waals surface area contributed by atoms with Gasteiger partial charge in [0.25, 0.3) is 0 Å². The first-order valence-electron chi connectivity index (χ1n) is 5.06. The van der Waals surface area contributed by atoms with E-state index in [1.54, 1.807) is 7.11 Å². The molecule has 4 heteroatoms. The van der Waals surface area contributed by atoms with E-state index in [0.29, 0.717) is 0 Å². The molecule has 1 rings (SSSR count). The minimum Gasteiger partial charge on any atom is -0.495 e. The zero-order valence-corrected chi connectivity index (χ0v) is 10.7. The highest BCUT2D eigenvalue weighted by Crippen LogP contribution is 2.27. The SMILES string of the molecule is CCNCCNc1cc(Br)ccc1OC. The fraction of sp³-hybridized carbons (Fsp3) is 0.455. The van der Waals surface area contributed by atoms with Crippen LogP contribution >= 0.6 is 15.9 Å². The summed E-state index contributed by atoms with van der Waals surface area (Å²) in [5, 5.41) is 6.58. The fourth-order valence-corrected chi connectivity index (χ4v) is 1.64. The highest BCUT2D eigenvalue weighted by molar-refractivity contribution is 9.10. The number of rotatable bonds is 6. The van der Waals surface area contributed by atoms with E-state index in [4.69, 9.17) is 4.74 Å². The average Bonchev–Trinajstić information content (AvgIpc) is 2.25. The number of hydrogen-bond donors (Lipinski definition) is 2. The summed E-state index contributed by atoms with van der Waals surface area (Å²) in [5.74, 6) is 0.870. The number of halogens is 1. The normalized spacial score (nSPS) is 10.1. The van der Waals surface area contributed by atoms with Crippen molar-refractivity contribution in [1.29, 1.82) is 0 Å². The van der Waals surface area contributed by atoms with Crippen molar-refractivity contribution in [3.8, 4) is 5.75 Å². The van der Waals surface area contributed by atoms with Crippen LogP contribution in [0, 0.1) is 0 Å². The number of anilines is 1. The largest absolute Gasteiger partial charge is 0.495 e. The van der Waals surface area contributed by atoms with Crippen molar-refractivity contribution in [2.75, 3.05) is 32.1 Å².